The molecule has 1 fully saturated rings. The molecule has 2 aliphatic carbocycles. The minimum Gasteiger partial charge on any atom is -0.303 e. The van der Waals surface area contributed by atoms with E-state index in [1.165, 1.54) is 19.3 Å². The van der Waals surface area contributed by atoms with Crippen LogP contribution in [-0.2, 0) is 4.79 Å². The van der Waals surface area contributed by atoms with Crippen molar-refractivity contribution in [2.45, 2.75) is 39.5 Å². The summed E-state index contributed by atoms with van der Waals surface area (Å²) in [6.45, 7) is 4.73. The molecule has 0 radical (unpaired) electrons. The van der Waals surface area contributed by atoms with E-state index in [9.17, 15) is 4.79 Å². The highest BCUT2D eigenvalue weighted by molar-refractivity contribution is 5.57. The molecule has 0 bridgehead atoms. The summed E-state index contributed by atoms with van der Waals surface area (Å²) >= 11 is 0. The maximum Gasteiger partial charge on any atom is 0.126 e. The number of fused-ring (bicyclic) bond motifs is 1. The van der Waals surface area contributed by atoms with Crippen LogP contribution in [-0.4, -0.2) is 6.29 Å². The molecule has 1 saturated carbocycles. The summed E-state index contributed by atoms with van der Waals surface area (Å²) in [6.07, 6.45) is 10.6. The summed E-state index contributed by atoms with van der Waals surface area (Å²) in [4.78, 5) is 10.8. The number of carbonyl (C=O) groups excluding carboxylic acids is 1. The van der Waals surface area contributed by atoms with Crippen molar-refractivity contribution in [1.29, 1.82) is 0 Å². The van der Waals surface area contributed by atoms with Gasteiger partial charge in [0, 0.05) is 5.92 Å². The van der Waals surface area contributed by atoms with Crippen LogP contribution in [0, 0.1) is 23.2 Å². The van der Waals surface area contributed by atoms with Gasteiger partial charge in [0.1, 0.15) is 6.29 Å². The summed E-state index contributed by atoms with van der Waals surface area (Å²) in [6, 6.07) is 0. The van der Waals surface area contributed by atoms with Crippen LogP contribution in [0.15, 0.2) is 12.2 Å². The van der Waals surface area contributed by atoms with E-state index in [2.05, 4.69) is 26.0 Å². The lowest BCUT2D eigenvalue weighted by atomic mass is 9.59. The van der Waals surface area contributed by atoms with Crippen LogP contribution in [0.2, 0.25) is 0 Å². The highest BCUT2D eigenvalue weighted by Crippen LogP contribution is 2.49. The summed E-state index contributed by atoms with van der Waals surface area (Å²) in [7, 11) is 0. The summed E-state index contributed by atoms with van der Waals surface area (Å²) in [5.74, 6) is 1.67. The van der Waals surface area contributed by atoms with E-state index in [4.69, 9.17) is 0 Å². The maximum absolute atomic E-state index is 10.8. The van der Waals surface area contributed by atoms with Gasteiger partial charge in [0.15, 0.2) is 0 Å². The fourth-order valence-corrected chi connectivity index (χ4v) is 3.24. The van der Waals surface area contributed by atoms with E-state index in [0.717, 1.165) is 24.5 Å². The highest BCUT2D eigenvalue weighted by Gasteiger charge is 2.40. The summed E-state index contributed by atoms with van der Waals surface area (Å²) < 4.78 is 0. The molecule has 78 valence electrons. The number of aldehydes is 1. The van der Waals surface area contributed by atoms with Crippen LogP contribution in [0.3, 0.4) is 0 Å². The molecular formula is C13H20O. The van der Waals surface area contributed by atoms with Crippen LogP contribution < -0.4 is 0 Å². The van der Waals surface area contributed by atoms with E-state index in [-0.39, 0.29) is 5.92 Å². The molecule has 0 aliphatic heterocycles. The molecule has 0 amide bonds. The van der Waals surface area contributed by atoms with Crippen LogP contribution in [0.1, 0.15) is 39.5 Å². The van der Waals surface area contributed by atoms with Crippen molar-refractivity contribution < 1.29 is 4.79 Å². The number of hydrogen-bond acceptors (Lipinski definition) is 1. The zero-order valence-corrected chi connectivity index (χ0v) is 9.20. The molecule has 1 nitrogen and oxygen atoms in total. The smallest absolute Gasteiger partial charge is 0.126 e. The third-order valence-electron chi connectivity index (χ3n) is 4.19. The van der Waals surface area contributed by atoms with Gasteiger partial charge in [-0.3, -0.25) is 0 Å². The number of hydrogen-bond donors (Lipinski definition) is 0. The Labute approximate surface area is 86.6 Å². The minimum atomic E-state index is 0.189. The molecule has 14 heavy (non-hydrogen) atoms. The zero-order valence-electron chi connectivity index (χ0n) is 9.20. The molecule has 2 rings (SSSR count). The van der Waals surface area contributed by atoms with Gasteiger partial charge in [-0.05, 0) is 36.5 Å². The Morgan fingerprint density at radius 3 is 2.86 bits per heavy atom. The number of rotatable bonds is 1. The highest BCUT2D eigenvalue weighted by atomic mass is 16.1. The third-order valence-corrected chi connectivity index (χ3v) is 4.19. The second-order valence-corrected chi connectivity index (χ2v) is 5.57. The van der Waals surface area contributed by atoms with Crippen molar-refractivity contribution in [2.75, 3.05) is 0 Å². The second-order valence-electron chi connectivity index (χ2n) is 5.57. The van der Waals surface area contributed by atoms with E-state index >= 15 is 0 Å². The first-order valence-corrected chi connectivity index (χ1v) is 5.77. The van der Waals surface area contributed by atoms with Gasteiger partial charge >= 0.3 is 0 Å². The quantitative estimate of drug-likeness (QED) is 0.460. The molecule has 1 heteroatoms. The fourth-order valence-electron chi connectivity index (χ4n) is 3.24. The van der Waals surface area contributed by atoms with E-state index in [0.29, 0.717) is 5.41 Å². The van der Waals surface area contributed by atoms with Gasteiger partial charge in [0.05, 0.1) is 0 Å². The Morgan fingerprint density at radius 1 is 1.36 bits per heavy atom. The predicted molar refractivity (Wildman–Crippen MR) is 57.9 cm³/mol. The lowest BCUT2D eigenvalue weighted by molar-refractivity contribution is -0.111. The Kier molecular flexibility index (Phi) is 2.50. The van der Waals surface area contributed by atoms with Gasteiger partial charge in [-0.2, -0.15) is 0 Å². The largest absolute Gasteiger partial charge is 0.303 e. The average molecular weight is 192 g/mol. The molecule has 3 atom stereocenters. The molecule has 0 aromatic carbocycles. The van der Waals surface area contributed by atoms with Crippen molar-refractivity contribution in [1.82, 2.24) is 0 Å². The molecule has 2 aliphatic rings. The van der Waals surface area contributed by atoms with Gasteiger partial charge in [0.2, 0.25) is 0 Å². The molecule has 3 unspecified atom stereocenters. The Morgan fingerprint density at radius 2 is 2.14 bits per heavy atom. The molecule has 0 saturated heterocycles. The van der Waals surface area contributed by atoms with Gasteiger partial charge in [-0.25, -0.2) is 0 Å². The topological polar surface area (TPSA) is 17.1 Å². The molecule has 0 spiro atoms. The SMILES string of the molecule is CC1(C)CCCC2C=CC(C=O)CC21. The third kappa shape index (κ3) is 1.65. The van der Waals surface area contributed by atoms with E-state index in [1.807, 2.05) is 0 Å². The van der Waals surface area contributed by atoms with Crippen molar-refractivity contribution in [2.24, 2.45) is 23.2 Å². The van der Waals surface area contributed by atoms with Crippen LogP contribution in [0.4, 0.5) is 0 Å². The standard InChI is InChI=1S/C13H20O/c1-13(2)7-3-4-11-6-5-10(9-14)8-12(11)13/h5-6,9-12H,3-4,7-8H2,1-2H3. The molecule has 0 aromatic rings. The Bertz CT molecular complexity index is 252. The summed E-state index contributed by atoms with van der Waals surface area (Å²) in [5.41, 5.74) is 0.439. The van der Waals surface area contributed by atoms with Crippen molar-refractivity contribution >= 4 is 6.29 Å². The molecule has 0 aromatic heterocycles. The van der Waals surface area contributed by atoms with E-state index in [1.54, 1.807) is 0 Å². The summed E-state index contributed by atoms with van der Waals surface area (Å²) in [5, 5.41) is 0. The van der Waals surface area contributed by atoms with Crippen LogP contribution in [0.5, 0.6) is 0 Å². The fraction of sp³-hybridized carbons (Fsp3) is 0.769. The van der Waals surface area contributed by atoms with E-state index < -0.39 is 0 Å². The van der Waals surface area contributed by atoms with Crippen molar-refractivity contribution in [3.63, 3.8) is 0 Å². The van der Waals surface area contributed by atoms with Gasteiger partial charge < -0.3 is 4.79 Å². The first kappa shape index (κ1) is 9.95. The van der Waals surface area contributed by atoms with Gasteiger partial charge in [-0.1, -0.05) is 32.4 Å². The second kappa shape index (κ2) is 3.52. The minimum absolute atomic E-state index is 0.189. The molecule has 0 N–H and O–H groups in total. The molecule has 0 heterocycles. The van der Waals surface area contributed by atoms with Crippen molar-refractivity contribution in [3.8, 4) is 0 Å². The lowest BCUT2D eigenvalue weighted by Crippen LogP contribution is -2.37. The van der Waals surface area contributed by atoms with Crippen molar-refractivity contribution in [3.05, 3.63) is 12.2 Å². The van der Waals surface area contributed by atoms with Gasteiger partial charge in [-0.15, -0.1) is 0 Å². The van der Waals surface area contributed by atoms with Crippen LogP contribution in [0.25, 0.3) is 0 Å². The Balaban J connectivity index is 2.19. The predicted octanol–water partition coefficient (Wildman–Crippen LogP) is 3.20. The molecular weight excluding hydrogens is 172 g/mol. The lowest BCUT2D eigenvalue weighted by Gasteiger charge is -2.45. The monoisotopic (exact) mass is 192 g/mol. The normalized spacial score (nSPS) is 40.3. The first-order valence-electron chi connectivity index (χ1n) is 5.77. The number of carbonyl (C=O) groups is 1. The van der Waals surface area contributed by atoms with Gasteiger partial charge in [0.25, 0.3) is 0 Å². The zero-order chi connectivity index (χ0) is 10.2. The average Bonchev–Trinajstić information content (AvgIpc) is 2.17. The first-order chi connectivity index (χ1) is 6.63. The van der Waals surface area contributed by atoms with Crippen LogP contribution >= 0.6 is 0 Å². The number of allylic oxidation sites excluding steroid dienone is 2. The maximum atomic E-state index is 10.8. The Hall–Kier alpha value is -0.590.